The smallest absolute Gasteiger partial charge is 0.103 e. The van der Waals surface area contributed by atoms with Crippen molar-refractivity contribution in [2.45, 2.75) is 72.1 Å². The van der Waals surface area contributed by atoms with Gasteiger partial charge >= 0.3 is 0 Å². The zero-order valence-electron chi connectivity index (χ0n) is 13.8. The van der Waals surface area contributed by atoms with Gasteiger partial charge in [-0.2, -0.15) is 5.26 Å². The van der Waals surface area contributed by atoms with E-state index < -0.39 is 0 Å². The van der Waals surface area contributed by atoms with E-state index in [4.69, 9.17) is 0 Å². The average molecular weight is 287 g/mol. The zero-order valence-corrected chi connectivity index (χ0v) is 13.8. The maximum atomic E-state index is 9.20. The van der Waals surface area contributed by atoms with Crippen LogP contribution in [0.5, 0.6) is 0 Å². The summed E-state index contributed by atoms with van der Waals surface area (Å²) in [6, 6.07) is 4.22. The summed E-state index contributed by atoms with van der Waals surface area (Å²) in [6.45, 7) is 7.05. The van der Waals surface area contributed by atoms with Crippen molar-refractivity contribution in [2.75, 3.05) is 11.9 Å². The molecule has 0 fully saturated rings. The van der Waals surface area contributed by atoms with Crippen LogP contribution in [-0.2, 0) is 0 Å². The largest absolute Gasteiger partial charge is 0.384 e. The molecule has 1 heterocycles. The van der Waals surface area contributed by atoms with Gasteiger partial charge in [0.1, 0.15) is 6.07 Å². The number of rotatable bonds is 10. The quantitative estimate of drug-likeness (QED) is 0.607. The molecule has 0 amide bonds. The van der Waals surface area contributed by atoms with E-state index in [0.717, 1.165) is 23.6 Å². The fourth-order valence-corrected chi connectivity index (χ4v) is 2.59. The highest BCUT2D eigenvalue weighted by Gasteiger charge is 2.07. The van der Waals surface area contributed by atoms with Crippen LogP contribution in [-0.4, -0.2) is 11.5 Å². The van der Waals surface area contributed by atoms with Gasteiger partial charge in [0.05, 0.1) is 16.9 Å². The first kappa shape index (κ1) is 17.5. The molecule has 1 aromatic rings. The first-order valence-corrected chi connectivity index (χ1v) is 8.31. The van der Waals surface area contributed by atoms with Gasteiger partial charge in [0.2, 0.25) is 0 Å². The fourth-order valence-electron chi connectivity index (χ4n) is 2.59. The molecular weight excluding hydrogens is 258 g/mol. The van der Waals surface area contributed by atoms with Crippen LogP contribution in [0.15, 0.2) is 6.07 Å². The normalized spacial score (nSPS) is 10.4. The van der Waals surface area contributed by atoms with E-state index in [2.05, 4.69) is 23.3 Å². The van der Waals surface area contributed by atoms with Gasteiger partial charge in [-0.25, -0.2) is 0 Å². The number of anilines is 1. The molecule has 1 rings (SSSR count). The summed E-state index contributed by atoms with van der Waals surface area (Å²) in [5.74, 6) is 0. The molecule has 0 radical (unpaired) electrons. The van der Waals surface area contributed by atoms with Crippen molar-refractivity contribution < 1.29 is 0 Å². The number of hydrogen-bond donors (Lipinski definition) is 1. The van der Waals surface area contributed by atoms with E-state index in [1.807, 2.05) is 19.9 Å². The minimum atomic E-state index is 0.681. The molecule has 0 aliphatic rings. The van der Waals surface area contributed by atoms with Gasteiger partial charge in [-0.3, -0.25) is 4.98 Å². The highest BCUT2D eigenvalue weighted by molar-refractivity contribution is 5.59. The highest BCUT2D eigenvalue weighted by Crippen LogP contribution is 2.18. The van der Waals surface area contributed by atoms with Crippen LogP contribution in [0.25, 0.3) is 0 Å². The van der Waals surface area contributed by atoms with Crippen LogP contribution >= 0.6 is 0 Å². The van der Waals surface area contributed by atoms with Crippen LogP contribution in [0.3, 0.4) is 0 Å². The molecule has 0 spiro atoms. The fraction of sp³-hybridized carbons (Fsp3) is 0.667. The van der Waals surface area contributed by atoms with E-state index >= 15 is 0 Å². The van der Waals surface area contributed by atoms with Gasteiger partial charge in [0, 0.05) is 12.2 Å². The molecular formula is C18H29N3. The third-order valence-corrected chi connectivity index (χ3v) is 3.79. The van der Waals surface area contributed by atoms with Crippen LogP contribution in [0, 0.1) is 25.2 Å². The second-order valence-electron chi connectivity index (χ2n) is 5.79. The Hall–Kier alpha value is -1.56. The second kappa shape index (κ2) is 10.2. The summed E-state index contributed by atoms with van der Waals surface area (Å²) in [5, 5.41) is 12.6. The number of unbranched alkanes of at least 4 members (excludes halogenated alkanes) is 7. The summed E-state index contributed by atoms with van der Waals surface area (Å²) < 4.78 is 0. The van der Waals surface area contributed by atoms with E-state index in [9.17, 15) is 5.26 Å². The van der Waals surface area contributed by atoms with Gasteiger partial charge in [-0.05, 0) is 26.3 Å². The SMILES string of the molecule is CCCCCCCCCCNc1cc(C)nc(C)c1C#N. The molecule has 1 aromatic heterocycles. The summed E-state index contributed by atoms with van der Waals surface area (Å²) >= 11 is 0. The summed E-state index contributed by atoms with van der Waals surface area (Å²) in [6.07, 6.45) is 10.6. The Bertz CT molecular complexity index is 460. The van der Waals surface area contributed by atoms with E-state index in [-0.39, 0.29) is 0 Å². The van der Waals surface area contributed by atoms with E-state index in [1.165, 1.54) is 51.4 Å². The molecule has 1 N–H and O–H groups in total. The molecule has 0 saturated heterocycles. The first-order chi connectivity index (χ1) is 10.2. The minimum Gasteiger partial charge on any atom is -0.384 e. The molecule has 0 aromatic carbocycles. The van der Waals surface area contributed by atoms with Gasteiger partial charge in [0.25, 0.3) is 0 Å². The van der Waals surface area contributed by atoms with Crippen molar-refractivity contribution in [3.63, 3.8) is 0 Å². The third-order valence-electron chi connectivity index (χ3n) is 3.79. The number of nitrogens with zero attached hydrogens (tertiary/aromatic N) is 2. The Balaban J connectivity index is 2.23. The van der Waals surface area contributed by atoms with Gasteiger partial charge in [-0.1, -0.05) is 51.9 Å². The summed E-state index contributed by atoms with van der Waals surface area (Å²) in [7, 11) is 0. The number of hydrogen-bond acceptors (Lipinski definition) is 3. The lowest BCUT2D eigenvalue weighted by Crippen LogP contribution is -2.06. The molecule has 0 aliphatic carbocycles. The number of nitrogens with one attached hydrogen (secondary N) is 1. The molecule has 0 saturated carbocycles. The second-order valence-corrected chi connectivity index (χ2v) is 5.79. The van der Waals surface area contributed by atoms with Gasteiger partial charge < -0.3 is 5.32 Å². The standard InChI is InChI=1S/C18H29N3/c1-4-5-6-7-8-9-10-11-12-20-18-13-15(2)21-16(3)17(18)14-19/h13H,4-12H2,1-3H3,(H,20,21). The predicted octanol–water partition coefficient (Wildman–Crippen LogP) is 5.12. The molecule has 0 aliphatic heterocycles. The lowest BCUT2D eigenvalue weighted by atomic mass is 10.1. The number of pyridine rings is 1. The van der Waals surface area contributed by atoms with Crippen LogP contribution < -0.4 is 5.32 Å². The molecule has 0 unspecified atom stereocenters. The van der Waals surface area contributed by atoms with Crippen LogP contribution in [0.2, 0.25) is 0 Å². The van der Waals surface area contributed by atoms with Crippen molar-refractivity contribution in [1.29, 1.82) is 5.26 Å². The van der Waals surface area contributed by atoms with Crippen LogP contribution in [0.4, 0.5) is 5.69 Å². The molecule has 3 heteroatoms. The summed E-state index contributed by atoms with van der Waals surface area (Å²) in [4.78, 5) is 4.34. The average Bonchev–Trinajstić information content (AvgIpc) is 2.45. The predicted molar refractivity (Wildman–Crippen MR) is 89.5 cm³/mol. The highest BCUT2D eigenvalue weighted by atomic mass is 14.9. The zero-order chi connectivity index (χ0) is 15.5. The Morgan fingerprint density at radius 2 is 1.67 bits per heavy atom. The summed E-state index contributed by atoms with van der Waals surface area (Å²) in [5.41, 5.74) is 3.39. The van der Waals surface area contributed by atoms with Crippen molar-refractivity contribution >= 4 is 5.69 Å². The number of aromatic nitrogens is 1. The molecule has 3 nitrogen and oxygen atoms in total. The maximum absolute atomic E-state index is 9.20. The topological polar surface area (TPSA) is 48.7 Å². The minimum absolute atomic E-state index is 0.681. The Kier molecular flexibility index (Phi) is 8.50. The van der Waals surface area contributed by atoms with E-state index in [0.29, 0.717) is 5.56 Å². The van der Waals surface area contributed by atoms with Crippen molar-refractivity contribution in [2.24, 2.45) is 0 Å². The van der Waals surface area contributed by atoms with Gasteiger partial charge in [0.15, 0.2) is 0 Å². The van der Waals surface area contributed by atoms with Crippen LogP contribution in [0.1, 0.15) is 75.2 Å². The van der Waals surface area contributed by atoms with E-state index in [1.54, 1.807) is 0 Å². The first-order valence-electron chi connectivity index (χ1n) is 8.31. The Labute approximate surface area is 129 Å². The van der Waals surface area contributed by atoms with Crippen molar-refractivity contribution in [1.82, 2.24) is 4.98 Å². The lowest BCUT2D eigenvalue weighted by molar-refractivity contribution is 0.581. The monoisotopic (exact) mass is 287 g/mol. The number of aryl methyl sites for hydroxylation is 2. The van der Waals surface area contributed by atoms with Crippen molar-refractivity contribution in [3.8, 4) is 6.07 Å². The van der Waals surface area contributed by atoms with Gasteiger partial charge in [-0.15, -0.1) is 0 Å². The number of nitriles is 1. The Morgan fingerprint density at radius 1 is 1.05 bits per heavy atom. The molecule has 21 heavy (non-hydrogen) atoms. The molecule has 0 bridgehead atoms. The van der Waals surface area contributed by atoms with Crippen molar-refractivity contribution in [3.05, 3.63) is 23.0 Å². The third kappa shape index (κ3) is 6.62. The molecule has 116 valence electrons. The Morgan fingerprint density at radius 3 is 2.29 bits per heavy atom. The molecule has 0 atom stereocenters. The maximum Gasteiger partial charge on any atom is 0.103 e. The lowest BCUT2D eigenvalue weighted by Gasteiger charge is -2.10.